The highest BCUT2D eigenvalue weighted by Crippen LogP contribution is 2.32. The quantitative estimate of drug-likeness (QED) is 0.748. The highest BCUT2D eigenvalue weighted by Gasteiger charge is 2.37. The van der Waals surface area contributed by atoms with Crippen molar-refractivity contribution in [3.63, 3.8) is 0 Å². The molecule has 0 aromatic heterocycles. The zero-order valence-corrected chi connectivity index (χ0v) is 11.4. The number of carbonyl (C=O) groups excluding carboxylic acids is 2. The molecule has 2 aromatic rings. The molecule has 0 fully saturated rings. The van der Waals surface area contributed by atoms with Crippen LogP contribution in [0.15, 0.2) is 36.4 Å². The Bertz CT molecular complexity index is 761. The SMILES string of the molecule is O=C1c2ccc(F)cc2C(=O)N1c1ccc(Cl)c(Cl)c1. The number of imide groups is 1. The third-order valence-corrected chi connectivity index (χ3v) is 3.75. The first kappa shape index (κ1) is 13.1. The zero-order valence-electron chi connectivity index (χ0n) is 9.86. The third kappa shape index (κ3) is 1.88. The molecule has 6 heteroatoms. The summed E-state index contributed by atoms with van der Waals surface area (Å²) >= 11 is 11.7. The second-order valence-corrected chi connectivity index (χ2v) is 5.05. The molecule has 1 aliphatic rings. The summed E-state index contributed by atoms with van der Waals surface area (Å²) in [4.78, 5) is 25.4. The van der Waals surface area contributed by atoms with Gasteiger partial charge in [0.15, 0.2) is 0 Å². The molecule has 0 aliphatic carbocycles. The molecule has 3 nitrogen and oxygen atoms in total. The molecule has 0 saturated heterocycles. The maximum absolute atomic E-state index is 13.2. The van der Waals surface area contributed by atoms with E-state index in [1.165, 1.54) is 24.3 Å². The predicted molar refractivity (Wildman–Crippen MR) is 74.0 cm³/mol. The Morgan fingerprint density at radius 2 is 1.55 bits per heavy atom. The third-order valence-electron chi connectivity index (χ3n) is 3.01. The maximum Gasteiger partial charge on any atom is 0.266 e. The minimum absolute atomic E-state index is 0.0427. The second-order valence-electron chi connectivity index (χ2n) is 4.23. The number of rotatable bonds is 1. The van der Waals surface area contributed by atoms with E-state index in [4.69, 9.17) is 23.2 Å². The Labute approximate surface area is 123 Å². The molecule has 20 heavy (non-hydrogen) atoms. The number of carbonyl (C=O) groups is 2. The van der Waals surface area contributed by atoms with Crippen molar-refractivity contribution in [2.45, 2.75) is 0 Å². The van der Waals surface area contributed by atoms with Crippen molar-refractivity contribution in [2.75, 3.05) is 4.90 Å². The molecule has 0 saturated carbocycles. The van der Waals surface area contributed by atoms with E-state index in [1.54, 1.807) is 0 Å². The van der Waals surface area contributed by atoms with Crippen molar-refractivity contribution < 1.29 is 14.0 Å². The summed E-state index contributed by atoms with van der Waals surface area (Å²) in [6, 6.07) is 7.90. The van der Waals surface area contributed by atoms with Crippen LogP contribution in [0.1, 0.15) is 20.7 Å². The summed E-state index contributed by atoms with van der Waals surface area (Å²) in [5, 5.41) is 0.546. The topological polar surface area (TPSA) is 37.4 Å². The van der Waals surface area contributed by atoms with Gasteiger partial charge in [0.25, 0.3) is 11.8 Å². The van der Waals surface area contributed by atoms with E-state index < -0.39 is 17.6 Å². The average molecular weight is 310 g/mol. The number of amides is 2. The molecule has 0 radical (unpaired) electrons. The van der Waals surface area contributed by atoms with Gasteiger partial charge in [0.1, 0.15) is 5.82 Å². The van der Waals surface area contributed by atoms with Gasteiger partial charge in [-0.05, 0) is 36.4 Å². The molecular formula is C14H6Cl2FNO2. The van der Waals surface area contributed by atoms with Crippen LogP contribution in [-0.2, 0) is 0 Å². The lowest BCUT2D eigenvalue weighted by Gasteiger charge is -2.14. The van der Waals surface area contributed by atoms with Crippen molar-refractivity contribution in [1.82, 2.24) is 0 Å². The van der Waals surface area contributed by atoms with Crippen LogP contribution in [-0.4, -0.2) is 11.8 Å². The molecule has 100 valence electrons. The Morgan fingerprint density at radius 1 is 0.850 bits per heavy atom. The Balaban J connectivity index is 2.11. The van der Waals surface area contributed by atoms with Crippen LogP contribution < -0.4 is 4.90 Å². The fraction of sp³-hybridized carbons (Fsp3) is 0. The standard InChI is InChI=1S/C14H6Cl2FNO2/c15-11-4-2-8(6-12(11)16)18-13(19)9-3-1-7(17)5-10(9)14(18)20/h1-6H. The fourth-order valence-electron chi connectivity index (χ4n) is 2.07. The Hall–Kier alpha value is -1.91. The number of anilines is 1. The molecule has 0 unspecified atom stereocenters. The predicted octanol–water partition coefficient (Wildman–Crippen LogP) is 3.93. The highest BCUT2D eigenvalue weighted by atomic mass is 35.5. The van der Waals surface area contributed by atoms with Gasteiger partial charge in [0, 0.05) is 0 Å². The lowest BCUT2D eigenvalue weighted by atomic mass is 10.1. The van der Waals surface area contributed by atoms with Gasteiger partial charge in [-0.3, -0.25) is 9.59 Å². The van der Waals surface area contributed by atoms with E-state index in [1.807, 2.05) is 0 Å². The zero-order chi connectivity index (χ0) is 14.4. The van der Waals surface area contributed by atoms with Gasteiger partial charge >= 0.3 is 0 Å². The van der Waals surface area contributed by atoms with Crippen LogP contribution >= 0.6 is 23.2 Å². The number of fused-ring (bicyclic) bond motifs is 1. The van der Waals surface area contributed by atoms with Gasteiger partial charge in [-0.15, -0.1) is 0 Å². The van der Waals surface area contributed by atoms with Crippen molar-refractivity contribution in [1.29, 1.82) is 0 Å². The number of hydrogen-bond donors (Lipinski definition) is 0. The number of hydrogen-bond acceptors (Lipinski definition) is 2. The van der Waals surface area contributed by atoms with Gasteiger partial charge < -0.3 is 0 Å². The summed E-state index contributed by atoms with van der Waals surface area (Å²) in [6.07, 6.45) is 0. The largest absolute Gasteiger partial charge is 0.268 e. The molecule has 0 spiro atoms. The van der Waals surface area contributed by atoms with E-state index in [-0.39, 0.29) is 16.1 Å². The molecule has 0 atom stereocenters. The smallest absolute Gasteiger partial charge is 0.266 e. The summed E-state index contributed by atoms with van der Waals surface area (Å²) in [5.74, 6) is -1.66. The average Bonchev–Trinajstić information content (AvgIpc) is 2.65. The number of halogens is 3. The Kier molecular flexibility index (Phi) is 3.00. The summed E-state index contributed by atoms with van der Waals surface area (Å²) in [6.45, 7) is 0. The first-order valence-corrected chi connectivity index (χ1v) is 6.38. The van der Waals surface area contributed by atoms with Gasteiger partial charge in [0.2, 0.25) is 0 Å². The van der Waals surface area contributed by atoms with Gasteiger partial charge in [-0.25, -0.2) is 9.29 Å². The molecule has 0 bridgehead atoms. The maximum atomic E-state index is 13.2. The van der Waals surface area contributed by atoms with Crippen LogP contribution in [0.4, 0.5) is 10.1 Å². The Morgan fingerprint density at radius 3 is 2.25 bits per heavy atom. The van der Waals surface area contributed by atoms with Crippen LogP contribution in [0.25, 0.3) is 0 Å². The van der Waals surface area contributed by atoms with E-state index in [0.717, 1.165) is 17.0 Å². The van der Waals surface area contributed by atoms with Gasteiger partial charge in [-0.1, -0.05) is 23.2 Å². The van der Waals surface area contributed by atoms with Gasteiger partial charge in [-0.2, -0.15) is 0 Å². The highest BCUT2D eigenvalue weighted by molar-refractivity contribution is 6.42. The first-order chi connectivity index (χ1) is 9.49. The molecule has 2 amide bonds. The molecular weight excluding hydrogens is 304 g/mol. The molecule has 1 aliphatic heterocycles. The normalized spacial score (nSPS) is 13.8. The summed E-state index contributed by atoms with van der Waals surface area (Å²) < 4.78 is 13.2. The van der Waals surface area contributed by atoms with Crippen LogP contribution in [0.3, 0.4) is 0 Å². The number of nitrogens with zero attached hydrogens (tertiary/aromatic N) is 1. The molecule has 1 heterocycles. The van der Waals surface area contributed by atoms with Crippen LogP contribution in [0.2, 0.25) is 10.0 Å². The molecule has 3 rings (SSSR count). The monoisotopic (exact) mass is 309 g/mol. The van der Waals surface area contributed by atoms with Crippen LogP contribution in [0, 0.1) is 5.82 Å². The molecule has 0 N–H and O–H groups in total. The van der Waals surface area contributed by atoms with E-state index in [2.05, 4.69) is 0 Å². The van der Waals surface area contributed by atoms with Gasteiger partial charge in [0.05, 0.1) is 26.9 Å². The van der Waals surface area contributed by atoms with Crippen molar-refractivity contribution in [3.8, 4) is 0 Å². The lowest BCUT2D eigenvalue weighted by Crippen LogP contribution is -2.29. The lowest BCUT2D eigenvalue weighted by molar-refractivity contribution is 0.0926. The first-order valence-electron chi connectivity index (χ1n) is 5.62. The minimum Gasteiger partial charge on any atom is -0.268 e. The second kappa shape index (κ2) is 4.58. The van der Waals surface area contributed by atoms with Crippen molar-refractivity contribution in [2.24, 2.45) is 0 Å². The molecule has 2 aromatic carbocycles. The van der Waals surface area contributed by atoms with E-state index >= 15 is 0 Å². The van der Waals surface area contributed by atoms with E-state index in [9.17, 15) is 14.0 Å². The van der Waals surface area contributed by atoms with Crippen LogP contribution in [0.5, 0.6) is 0 Å². The minimum atomic E-state index is -0.581. The number of benzene rings is 2. The van der Waals surface area contributed by atoms with Crippen molar-refractivity contribution >= 4 is 40.7 Å². The summed E-state index contributed by atoms with van der Waals surface area (Å²) in [7, 11) is 0. The summed E-state index contributed by atoms with van der Waals surface area (Å²) in [5.41, 5.74) is 0.509. The van der Waals surface area contributed by atoms with E-state index in [0.29, 0.717) is 10.7 Å². The van der Waals surface area contributed by atoms with Crippen molar-refractivity contribution in [3.05, 3.63) is 63.4 Å². The fourth-order valence-corrected chi connectivity index (χ4v) is 2.36.